The topological polar surface area (TPSA) is 38.7 Å². The Morgan fingerprint density at radius 3 is 2.61 bits per heavy atom. The quantitative estimate of drug-likeness (QED) is 0.686. The largest absolute Gasteiger partial charge is 0.377 e. The molecule has 0 aliphatic carbocycles. The third-order valence-corrected chi connectivity index (χ3v) is 3.46. The lowest BCUT2D eigenvalue weighted by Crippen LogP contribution is -2.24. The average molecular weight is 310 g/mol. The molecule has 1 N–H and O–H groups in total. The van der Waals surface area contributed by atoms with E-state index in [0.717, 1.165) is 6.42 Å². The molecule has 0 radical (unpaired) electrons. The van der Waals surface area contributed by atoms with Crippen LogP contribution in [0.2, 0.25) is 0 Å². The molecule has 2 rings (SSSR count). The van der Waals surface area contributed by atoms with Gasteiger partial charge in [0.25, 0.3) is 0 Å². The first kappa shape index (κ1) is 17.3. The molecule has 3 nitrogen and oxygen atoms in total. The molecular weight excluding hydrogens is 288 g/mol. The van der Waals surface area contributed by atoms with Gasteiger partial charge in [-0.25, -0.2) is 0 Å². The maximum Gasteiger partial charge on any atom is 0.163 e. The standard InChI is InChI=1S/C20H22O3/c1-4-17(21)13-9-6-10-14-18-19(23-20(2,3)22-18)15-16-11-7-5-8-12-16/h4-5,7-8,11-12,17-19,21H,1,14-15H2,2-3H3/t17-,18-,19-/m1/s1. The molecule has 1 aliphatic heterocycles. The minimum Gasteiger partial charge on any atom is -0.377 e. The zero-order chi connectivity index (χ0) is 16.7. The summed E-state index contributed by atoms with van der Waals surface area (Å²) in [4.78, 5) is 0. The molecule has 1 aromatic rings. The molecule has 3 atom stereocenters. The summed E-state index contributed by atoms with van der Waals surface area (Å²) in [6, 6.07) is 10.2. The first-order valence-electron chi connectivity index (χ1n) is 7.69. The lowest BCUT2D eigenvalue weighted by Gasteiger charge is -2.16. The van der Waals surface area contributed by atoms with Crippen LogP contribution in [0.15, 0.2) is 43.0 Å². The highest BCUT2D eigenvalue weighted by Gasteiger charge is 2.40. The van der Waals surface area contributed by atoms with Gasteiger partial charge in [-0.3, -0.25) is 0 Å². The van der Waals surface area contributed by atoms with E-state index in [0.29, 0.717) is 6.42 Å². The van der Waals surface area contributed by atoms with E-state index in [-0.39, 0.29) is 12.2 Å². The number of aliphatic hydroxyl groups is 1. The molecule has 0 amide bonds. The molecule has 1 fully saturated rings. The number of hydrogen-bond acceptors (Lipinski definition) is 3. The van der Waals surface area contributed by atoms with Gasteiger partial charge < -0.3 is 14.6 Å². The van der Waals surface area contributed by atoms with Gasteiger partial charge in [-0.1, -0.05) is 54.8 Å². The highest BCUT2D eigenvalue weighted by atomic mass is 16.7. The molecule has 1 heterocycles. The molecule has 0 aromatic heterocycles. The van der Waals surface area contributed by atoms with Crippen molar-refractivity contribution in [2.75, 3.05) is 0 Å². The van der Waals surface area contributed by atoms with Gasteiger partial charge in [-0.05, 0) is 31.3 Å². The second-order valence-electron chi connectivity index (χ2n) is 5.86. The van der Waals surface area contributed by atoms with Crippen LogP contribution in [0.1, 0.15) is 25.8 Å². The summed E-state index contributed by atoms with van der Waals surface area (Å²) in [5.74, 6) is 10.3. The first-order chi connectivity index (χ1) is 11.0. The minimum atomic E-state index is -0.833. The normalized spacial score (nSPS) is 23.1. The Hall–Kier alpha value is -2.04. The van der Waals surface area contributed by atoms with Gasteiger partial charge in [-0.2, -0.15) is 0 Å². The van der Waals surface area contributed by atoms with Crippen molar-refractivity contribution in [1.29, 1.82) is 0 Å². The van der Waals surface area contributed by atoms with Gasteiger partial charge in [0.05, 0.1) is 12.2 Å². The molecule has 0 spiro atoms. The van der Waals surface area contributed by atoms with E-state index < -0.39 is 11.9 Å². The maximum absolute atomic E-state index is 9.24. The molecule has 23 heavy (non-hydrogen) atoms. The van der Waals surface area contributed by atoms with Crippen LogP contribution >= 0.6 is 0 Å². The van der Waals surface area contributed by atoms with E-state index >= 15 is 0 Å². The Bertz CT molecular complexity index is 640. The van der Waals surface area contributed by atoms with Crippen LogP contribution in [0.5, 0.6) is 0 Å². The van der Waals surface area contributed by atoms with Crippen LogP contribution in [-0.2, 0) is 15.9 Å². The minimum absolute atomic E-state index is 0.0339. The molecule has 0 bridgehead atoms. The fraction of sp³-hybridized carbons (Fsp3) is 0.400. The highest BCUT2D eigenvalue weighted by molar-refractivity contribution is 5.29. The Labute approximate surface area is 138 Å². The number of benzene rings is 1. The Kier molecular flexibility index (Phi) is 6.02. The highest BCUT2D eigenvalue weighted by Crippen LogP contribution is 2.31. The van der Waals surface area contributed by atoms with Crippen LogP contribution in [0, 0.1) is 23.7 Å². The summed E-state index contributed by atoms with van der Waals surface area (Å²) >= 11 is 0. The van der Waals surface area contributed by atoms with Crippen molar-refractivity contribution in [3.05, 3.63) is 48.6 Å². The molecule has 1 aromatic carbocycles. The molecule has 1 aliphatic rings. The second-order valence-corrected chi connectivity index (χ2v) is 5.86. The fourth-order valence-corrected chi connectivity index (χ4v) is 2.47. The summed E-state index contributed by atoms with van der Waals surface area (Å²) in [6.07, 6.45) is 1.73. The molecule has 120 valence electrons. The maximum atomic E-state index is 9.24. The number of aliphatic hydroxyl groups excluding tert-OH is 1. The van der Waals surface area contributed by atoms with Crippen LogP contribution < -0.4 is 0 Å². The Balaban J connectivity index is 1.98. The van der Waals surface area contributed by atoms with Crippen LogP contribution in [0.4, 0.5) is 0 Å². The Morgan fingerprint density at radius 2 is 1.91 bits per heavy atom. The molecular formula is C20H22O3. The van der Waals surface area contributed by atoms with E-state index in [4.69, 9.17) is 9.47 Å². The number of ether oxygens (including phenoxy) is 2. The van der Waals surface area contributed by atoms with Crippen LogP contribution in [0.25, 0.3) is 0 Å². The van der Waals surface area contributed by atoms with E-state index in [9.17, 15) is 5.11 Å². The second kappa shape index (κ2) is 7.99. The van der Waals surface area contributed by atoms with Gasteiger partial charge in [0.2, 0.25) is 0 Å². The number of rotatable bonds is 4. The first-order valence-corrected chi connectivity index (χ1v) is 7.69. The van der Waals surface area contributed by atoms with Gasteiger partial charge in [0.15, 0.2) is 5.79 Å². The van der Waals surface area contributed by atoms with Crippen molar-refractivity contribution in [3.63, 3.8) is 0 Å². The van der Waals surface area contributed by atoms with Crippen LogP contribution in [-0.4, -0.2) is 29.2 Å². The van der Waals surface area contributed by atoms with Crippen molar-refractivity contribution >= 4 is 0 Å². The van der Waals surface area contributed by atoms with E-state index in [2.05, 4.69) is 42.4 Å². The third-order valence-electron chi connectivity index (χ3n) is 3.46. The smallest absolute Gasteiger partial charge is 0.163 e. The molecule has 0 unspecified atom stereocenters. The predicted molar refractivity (Wildman–Crippen MR) is 90.3 cm³/mol. The number of hydrogen-bond donors (Lipinski definition) is 1. The van der Waals surface area contributed by atoms with E-state index in [1.54, 1.807) is 0 Å². The van der Waals surface area contributed by atoms with Gasteiger partial charge in [0, 0.05) is 12.8 Å². The summed E-state index contributed by atoms with van der Waals surface area (Å²) in [5.41, 5.74) is 1.21. The fourth-order valence-electron chi connectivity index (χ4n) is 2.47. The van der Waals surface area contributed by atoms with Gasteiger partial charge in [0.1, 0.15) is 6.10 Å². The van der Waals surface area contributed by atoms with E-state index in [1.807, 2.05) is 32.0 Å². The summed E-state index contributed by atoms with van der Waals surface area (Å²) in [5, 5.41) is 9.24. The van der Waals surface area contributed by atoms with E-state index in [1.165, 1.54) is 11.6 Å². The SMILES string of the molecule is C=C[C@@H](O)C#CC#CC[C@H]1OC(C)(C)O[C@@H]1Cc1ccccc1. The monoisotopic (exact) mass is 310 g/mol. The van der Waals surface area contributed by atoms with Crippen molar-refractivity contribution < 1.29 is 14.6 Å². The molecule has 1 saturated heterocycles. The van der Waals surface area contributed by atoms with Crippen molar-refractivity contribution in [1.82, 2.24) is 0 Å². The third kappa shape index (κ3) is 5.58. The lowest BCUT2D eigenvalue weighted by molar-refractivity contribution is -0.145. The zero-order valence-corrected chi connectivity index (χ0v) is 13.6. The molecule has 0 saturated carbocycles. The zero-order valence-electron chi connectivity index (χ0n) is 13.6. The average Bonchev–Trinajstić information content (AvgIpc) is 2.81. The van der Waals surface area contributed by atoms with Gasteiger partial charge in [-0.15, -0.1) is 0 Å². The lowest BCUT2D eigenvalue weighted by atomic mass is 10.0. The molecule has 3 heteroatoms. The van der Waals surface area contributed by atoms with Crippen molar-refractivity contribution in [2.24, 2.45) is 0 Å². The summed E-state index contributed by atoms with van der Waals surface area (Å²) in [7, 11) is 0. The summed E-state index contributed by atoms with van der Waals surface area (Å²) < 4.78 is 11.9. The van der Waals surface area contributed by atoms with Crippen molar-refractivity contribution in [3.8, 4) is 23.7 Å². The Morgan fingerprint density at radius 1 is 1.22 bits per heavy atom. The summed E-state index contributed by atoms with van der Waals surface area (Å²) in [6.45, 7) is 7.28. The van der Waals surface area contributed by atoms with Crippen molar-refractivity contribution in [2.45, 2.75) is 50.8 Å². The van der Waals surface area contributed by atoms with Crippen LogP contribution in [0.3, 0.4) is 0 Å². The predicted octanol–water partition coefficient (Wildman–Crippen LogP) is 2.69. The van der Waals surface area contributed by atoms with Gasteiger partial charge >= 0.3 is 0 Å².